The predicted molar refractivity (Wildman–Crippen MR) is 208 cm³/mol. The van der Waals surface area contributed by atoms with Crippen LogP contribution >= 0.6 is 11.8 Å². The third kappa shape index (κ3) is 4.85. The summed E-state index contributed by atoms with van der Waals surface area (Å²) in [6.07, 6.45) is 0.769. The van der Waals surface area contributed by atoms with E-state index in [-0.39, 0.29) is 37.9 Å². The summed E-state index contributed by atoms with van der Waals surface area (Å²) < 4.78 is 30.8. The van der Waals surface area contributed by atoms with Gasteiger partial charge < -0.3 is 38.9 Å². The summed E-state index contributed by atoms with van der Waals surface area (Å²) >= 11 is 1.49. The molecule has 9 heterocycles. The van der Waals surface area contributed by atoms with Crippen LogP contribution in [0.25, 0.3) is 10.9 Å². The largest absolute Gasteiger partial charge is 0.504 e. The molecule has 4 unspecified atom stereocenters. The minimum atomic E-state index is -1.43. The first-order valence-electron chi connectivity index (χ1n) is 19.2. The highest BCUT2D eigenvalue weighted by molar-refractivity contribution is 7.99. The molecule has 3 aromatic carbocycles. The Morgan fingerprint density at radius 2 is 1.93 bits per heavy atom. The maximum absolute atomic E-state index is 15.1. The Kier molecular flexibility index (Phi) is 8.14. The first-order valence-corrected chi connectivity index (χ1v) is 20.2. The molecule has 4 N–H and O–H groups in total. The molecule has 2 saturated heterocycles. The van der Waals surface area contributed by atoms with Gasteiger partial charge in [0.25, 0.3) is 0 Å². The van der Waals surface area contributed by atoms with Crippen LogP contribution in [0.3, 0.4) is 0 Å². The maximum atomic E-state index is 15.1. The van der Waals surface area contributed by atoms with E-state index in [0.29, 0.717) is 63.9 Å². The van der Waals surface area contributed by atoms with Gasteiger partial charge in [-0.1, -0.05) is 24.3 Å². The standard InChI is InChI=1S/C42H43N5O9S/c1-19-10-22-12-41(15-43)16-46(4)31(28(22)33(50)34(19)52-5)32-38-30-29(37-36(54-18-55-37)20(2)35(30)56-21(3)49)27(47(32)41)14-53-40(51)42(17-57-38)39-25(11-23(13-48)45-42)24-8-6-7-9-26(24)44-39/h6-10,23,27,31-32,38,44-45,48,50H,11-14,16-18H2,1-5H3/t23-,27?,31?,32-,38-,41?,42-/m1/s1. The number of phenols is 1. The van der Waals surface area contributed by atoms with Gasteiger partial charge >= 0.3 is 11.9 Å². The molecule has 8 atom stereocenters. The zero-order valence-electron chi connectivity index (χ0n) is 32.2. The van der Waals surface area contributed by atoms with Gasteiger partial charge in [0.1, 0.15) is 17.9 Å². The number of esters is 2. The van der Waals surface area contributed by atoms with Crippen molar-refractivity contribution >= 4 is 34.6 Å². The lowest BCUT2D eigenvalue weighted by molar-refractivity contribution is -0.159. The number of H-pyrrole nitrogens is 1. The Bertz CT molecular complexity index is 2460. The van der Waals surface area contributed by atoms with E-state index in [2.05, 4.69) is 26.2 Å². The molecule has 4 aromatic rings. The lowest BCUT2D eigenvalue weighted by Crippen LogP contribution is -2.69. The van der Waals surface area contributed by atoms with Crippen molar-refractivity contribution in [2.24, 2.45) is 0 Å². The minimum Gasteiger partial charge on any atom is -0.504 e. The number of carbonyl (C=O) groups excluding carboxylic acids is 2. The SMILES string of the molecule is COc1c(C)cc2c(c1O)C1[C@@H]3[C@@H]4SC[C@]5(N[C@@H](CO)Cc6c5[nH]c5ccccc65)C(=O)OCC(c5c6c(c(C)c(OC(C)=O)c54)OCO6)N3C(C#N)(C2)CN1C. The summed E-state index contributed by atoms with van der Waals surface area (Å²) in [6, 6.07) is 10.3. The highest BCUT2D eigenvalue weighted by Crippen LogP contribution is 2.65. The Morgan fingerprint density at radius 3 is 2.68 bits per heavy atom. The summed E-state index contributed by atoms with van der Waals surface area (Å²) in [6.45, 7) is 4.93. The number of hydrogen-bond donors (Lipinski definition) is 4. The number of aliphatic hydroxyl groups is 1. The summed E-state index contributed by atoms with van der Waals surface area (Å²) in [5.41, 5.74) is 4.05. The molecule has 0 aliphatic carbocycles. The number of fused-ring (bicyclic) bond motifs is 8. The highest BCUT2D eigenvalue weighted by atomic mass is 32.2. The monoisotopic (exact) mass is 793 g/mol. The van der Waals surface area contributed by atoms with Crippen LogP contribution in [0.1, 0.15) is 68.9 Å². The molecule has 8 aliphatic rings. The van der Waals surface area contributed by atoms with Gasteiger partial charge in [-0.15, -0.1) is 11.8 Å². The number of nitrogens with zero attached hydrogens (tertiary/aromatic N) is 3. The molecular formula is C42H43N5O9S. The number of para-hydroxylation sites is 1. The number of piperazine rings is 1. The van der Waals surface area contributed by atoms with Gasteiger partial charge in [-0.25, -0.2) is 4.79 Å². The Labute approximate surface area is 332 Å². The van der Waals surface area contributed by atoms with Crippen molar-refractivity contribution < 1.29 is 43.5 Å². The number of hydrogen-bond acceptors (Lipinski definition) is 14. The average molecular weight is 794 g/mol. The molecule has 8 aliphatic heterocycles. The molecule has 1 spiro atoms. The number of nitrogens with one attached hydrogen (secondary N) is 2. The second-order valence-electron chi connectivity index (χ2n) is 16.2. The van der Waals surface area contributed by atoms with E-state index < -0.39 is 52.4 Å². The van der Waals surface area contributed by atoms with Crippen LogP contribution in [0, 0.1) is 25.2 Å². The number of thioether (sulfide) groups is 1. The number of phenolic OH excluding ortho intramolecular Hbond substituents is 1. The van der Waals surface area contributed by atoms with E-state index in [1.807, 2.05) is 51.2 Å². The van der Waals surface area contributed by atoms with Crippen LogP contribution in [0.4, 0.5) is 0 Å². The fourth-order valence-electron chi connectivity index (χ4n) is 11.0. The van der Waals surface area contributed by atoms with Crippen molar-refractivity contribution in [3.63, 3.8) is 0 Å². The molecule has 14 nitrogen and oxygen atoms in total. The van der Waals surface area contributed by atoms with Crippen molar-refractivity contribution in [3.05, 3.63) is 75.0 Å². The number of aromatic amines is 1. The average Bonchev–Trinajstić information content (AvgIpc) is 3.78. The van der Waals surface area contributed by atoms with Gasteiger partial charge in [0.05, 0.1) is 42.8 Å². The number of likely N-dealkylation sites (N-methyl/N-ethyl adjacent to an activating group) is 1. The molecular weight excluding hydrogens is 751 g/mol. The highest BCUT2D eigenvalue weighted by Gasteiger charge is 2.64. The summed E-state index contributed by atoms with van der Waals surface area (Å²) in [4.78, 5) is 36.0. The number of aromatic nitrogens is 1. The van der Waals surface area contributed by atoms with E-state index >= 15 is 4.79 Å². The number of ether oxygens (including phenoxy) is 5. The summed E-state index contributed by atoms with van der Waals surface area (Å²) in [7, 11) is 3.50. The van der Waals surface area contributed by atoms with Gasteiger partial charge in [-0.2, -0.15) is 5.26 Å². The predicted octanol–water partition coefficient (Wildman–Crippen LogP) is 4.12. The van der Waals surface area contributed by atoms with Crippen LogP contribution in [0.5, 0.6) is 28.7 Å². The molecule has 2 fully saturated rings. The quantitative estimate of drug-likeness (QED) is 0.172. The first-order chi connectivity index (χ1) is 27.5. The van der Waals surface area contributed by atoms with Crippen LogP contribution in [0.15, 0.2) is 30.3 Å². The van der Waals surface area contributed by atoms with Crippen molar-refractivity contribution in [2.75, 3.05) is 46.5 Å². The number of nitriles is 1. The van der Waals surface area contributed by atoms with Crippen molar-refractivity contribution in [1.29, 1.82) is 5.26 Å². The number of aliphatic hydroxyl groups excluding tert-OH is 1. The number of methoxy groups -OCH3 is 1. The fourth-order valence-corrected chi connectivity index (χ4v) is 12.6. The number of aromatic hydroxyl groups is 1. The normalized spacial score (nSPS) is 30.8. The zero-order valence-corrected chi connectivity index (χ0v) is 33.0. The Balaban J connectivity index is 1.27. The maximum Gasteiger partial charge on any atom is 0.333 e. The molecule has 0 saturated carbocycles. The Hall–Kier alpha value is -4.98. The first kappa shape index (κ1) is 36.4. The van der Waals surface area contributed by atoms with Gasteiger partial charge in [-0.3, -0.25) is 19.9 Å². The number of rotatable bonds is 3. The smallest absolute Gasteiger partial charge is 0.333 e. The molecule has 0 amide bonds. The third-order valence-corrected chi connectivity index (χ3v) is 14.5. The number of aryl methyl sites for hydroxylation is 1. The zero-order chi connectivity index (χ0) is 39.7. The molecule has 4 bridgehead atoms. The van der Waals surface area contributed by atoms with Crippen LogP contribution in [0.2, 0.25) is 0 Å². The molecule has 15 heteroatoms. The van der Waals surface area contributed by atoms with E-state index in [0.717, 1.165) is 27.6 Å². The third-order valence-electron chi connectivity index (χ3n) is 13.0. The second kappa shape index (κ2) is 12.8. The van der Waals surface area contributed by atoms with Crippen LogP contribution < -0.4 is 24.3 Å². The fraction of sp³-hybridized carbons (Fsp3) is 0.452. The van der Waals surface area contributed by atoms with Crippen molar-refractivity contribution in [3.8, 4) is 34.8 Å². The molecule has 57 heavy (non-hydrogen) atoms. The van der Waals surface area contributed by atoms with Gasteiger partial charge in [0.2, 0.25) is 6.79 Å². The van der Waals surface area contributed by atoms with E-state index in [4.69, 9.17) is 23.7 Å². The molecule has 12 rings (SSSR count). The van der Waals surface area contributed by atoms with Crippen LogP contribution in [-0.2, 0) is 32.7 Å². The van der Waals surface area contributed by atoms with Gasteiger partial charge in [0, 0.05) is 70.9 Å². The topological polar surface area (TPSA) is 179 Å². The summed E-state index contributed by atoms with van der Waals surface area (Å²) in [5, 5.41) is 38.2. The summed E-state index contributed by atoms with van der Waals surface area (Å²) in [5.74, 6) is 0.707. The number of carbonyl (C=O) groups is 2. The Morgan fingerprint density at radius 1 is 1.14 bits per heavy atom. The molecule has 0 radical (unpaired) electrons. The minimum absolute atomic E-state index is 0.0190. The van der Waals surface area contributed by atoms with Crippen molar-refractivity contribution in [1.82, 2.24) is 20.1 Å². The lowest BCUT2D eigenvalue weighted by atomic mass is 9.76. The lowest BCUT2D eigenvalue weighted by Gasteiger charge is -2.60. The van der Waals surface area contributed by atoms with Gasteiger partial charge in [0.15, 0.2) is 28.5 Å². The number of benzene rings is 3. The second-order valence-corrected chi connectivity index (χ2v) is 17.3. The molecule has 296 valence electrons. The van der Waals surface area contributed by atoms with E-state index in [9.17, 15) is 20.3 Å². The van der Waals surface area contributed by atoms with Crippen molar-refractivity contribution in [2.45, 2.75) is 74.1 Å². The van der Waals surface area contributed by atoms with Crippen LogP contribution in [-0.4, -0.2) is 101 Å². The van der Waals surface area contributed by atoms with E-state index in [1.165, 1.54) is 25.8 Å². The van der Waals surface area contributed by atoms with Gasteiger partial charge in [-0.05, 0) is 50.1 Å². The van der Waals surface area contributed by atoms with E-state index in [1.54, 1.807) is 0 Å². The molecule has 1 aromatic heterocycles.